The number of rotatable bonds is 3. The molecular weight excluding hydrogens is 222 g/mol. The van der Waals surface area contributed by atoms with Gasteiger partial charge in [0.1, 0.15) is 11.6 Å². The van der Waals surface area contributed by atoms with Gasteiger partial charge in [-0.05, 0) is 0 Å². The van der Waals surface area contributed by atoms with Crippen LogP contribution in [0.15, 0.2) is 6.20 Å². The highest BCUT2D eigenvalue weighted by atomic mass is 19.3. The van der Waals surface area contributed by atoms with Gasteiger partial charge in [-0.1, -0.05) is 0 Å². The van der Waals surface area contributed by atoms with E-state index in [4.69, 9.17) is 10.4 Å². The Kier molecular flexibility index (Phi) is 3.35. The molecule has 5 nitrogen and oxygen atoms in total. The van der Waals surface area contributed by atoms with Crippen LogP contribution in [0, 0.1) is 11.3 Å². The van der Waals surface area contributed by atoms with Crippen LogP contribution in [0.3, 0.4) is 0 Å². The van der Waals surface area contributed by atoms with Crippen molar-refractivity contribution >= 4 is 5.97 Å². The molecule has 7 heteroatoms. The number of nitrogens with zero attached hydrogens (tertiary/aromatic N) is 2. The minimum absolute atomic E-state index is 0.317. The normalized spacial score (nSPS) is 9.94. The smallest absolute Gasteiger partial charge is 0.337 e. The number of halogens is 2. The molecule has 0 amide bonds. The van der Waals surface area contributed by atoms with Crippen molar-refractivity contribution in [3.63, 3.8) is 0 Å². The highest BCUT2D eigenvalue weighted by Crippen LogP contribution is 2.30. The molecule has 0 radical (unpaired) electrons. The first-order chi connectivity index (χ1) is 7.52. The fourth-order valence-corrected chi connectivity index (χ4v) is 1.17. The van der Waals surface area contributed by atoms with Crippen molar-refractivity contribution in [1.29, 1.82) is 5.26 Å². The Bertz CT molecular complexity index is 469. The number of ether oxygens (including phenoxy) is 1. The second kappa shape index (κ2) is 4.53. The number of methoxy groups -OCH3 is 1. The van der Waals surface area contributed by atoms with Gasteiger partial charge in [0.25, 0.3) is 6.43 Å². The fourth-order valence-electron chi connectivity index (χ4n) is 1.17. The first-order valence-corrected chi connectivity index (χ1v) is 4.01. The molecule has 0 unspecified atom stereocenters. The predicted molar refractivity (Wildman–Crippen MR) is 47.4 cm³/mol. The molecular formula is C9H6F2N2O3. The summed E-state index contributed by atoms with van der Waals surface area (Å²) in [5.74, 6) is -1.88. The van der Waals surface area contributed by atoms with E-state index >= 15 is 0 Å². The van der Waals surface area contributed by atoms with Crippen LogP contribution in [0.4, 0.5) is 8.78 Å². The third kappa shape index (κ3) is 1.91. The molecule has 1 heterocycles. The summed E-state index contributed by atoms with van der Waals surface area (Å²) >= 11 is 0. The van der Waals surface area contributed by atoms with Crippen molar-refractivity contribution in [3.8, 4) is 11.9 Å². The number of alkyl halides is 2. The summed E-state index contributed by atoms with van der Waals surface area (Å²) < 4.78 is 29.9. The molecule has 1 N–H and O–H groups in total. The van der Waals surface area contributed by atoms with E-state index in [2.05, 4.69) is 9.72 Å². The molecule has 0 fully saturated rings. The predicted octanol–water partition coefficient (Wildman–Crippen LogP) is 1.60. The molecule has 0 saturated carbocycles. The summed E-state index contributed by atoms with van der Waals surface area (Å²) in [5.41, 5.74) is -2.13. The summed E-state index contributed by atoms with van der Waals surface area (Å²) in [6.07, 6.45) is -2.35. The Morgan fingerprint density at radius 2 is 2.31 bits per heavy atom. The van der Waals surface area contributed by atoms with Crippen molar-refractivity contribution in [1.82, 2.24) is 4.98 Å². The van der Waals surface area contributed by atoms with Crippen LogP contribution < -0.4 is 4.74 Å². The highest BCUT2D eigenvalue weighted by molar-refractivity contribution is 5.90. The summed E-state index contributed by atoms with van der Waals surface area (Å²) in [6, 6.07) is 1.46. The van der Waals surface area contributed by atoms with E-state index in [0.717, 1.165) is 13.3 Å². The summed E-state index contributed by atoms with van der Waals surface area (Å²) in [7, 11) is 1.15. The van der Waals surface area contributed by atoms with Crippen molar-refractivity contribution in [2.24, 2.45) is 0 Å². The SMILES string of the molecule is COc1ncc(C(=O)O)c(C(F)F)c1C#N. The Labute approximate surface area is 88.9 Å². The van der Waals surface area contributed by atoms with Gasteiger partial charge in [-0.25, -0.2) is 18.6 Å². The number of aromatic carboxylic acids is 1. The zero-order chi connectivity index (χ0) is 12.3. The van der Waals surface area contributed by atoms with Gasteiger partial charge < -0.3 is 9.84 Å². The number of nitriles is 1. The van der Waals surface area contributed by atoms with E-state index in [-0.39, 0.29) is 5.88 Å². The van der Waals surface area contributed by atoms with Crippen LogP contribution in [0.2, 0.25) is 0 Å². The first-order valence-electron chi connectivity index (χ1n) is 4.01. The number of carbonyl (C=O) groups is 1. The molecule has 0 aliphatic carbocycles. The minimum atomic E-state index is -3.09. The van der Waals surface area contributed by atoms with Gasteiger partial charge in [-0.2, -0.15) is 5.26 Å². The molecule has 1 aromatic rings. The molecule has 1 rings (SSSR count). The molecule has 16 heavy (non-hydrogen) atoms. The quantitative estimate of drug-likeness (QED) is 0.849. The second-order valence-corrected chi connectivity index (χ2v) is 2.69. The summed E-state index contributed by atoms with van der Waals surface area (Å²) in [4.78, 5) is 14.1. The van der Waals surface area contributed by atoms with Crippen LogP contribution in [-0.2, 0) is 0 Å². The number of hydrogen-bond acceptors (Lipinski definition) is 4. The number of carboxylic acid groups (broad SMARTS) is 1. The molecule has 0 aliphatic heterocycles. The molecule has 0 atom stereocenters. The van der Waals surface area contributed by atoms with E-state index in [1.54, 1.807) is 0 Å². The standard InChI is InChI=1S/C9H6F2N2O3/c1-16-8-4(2-12)6(7(10)11)5(3-13-8)9(14)15/h3,7H,1H3,(H,14,15). The molecule has 1 aromatic heterocycles. The number of hydrogen-bond donors (Lipinski definition) is 1. The van der Waals surface area contributed by atoms with Crippen LogP contribution in [0.5, 0.6) is 5.88 Å². The lowest BCUT2D eigenvalue weighted by atomic mass is 10.1. The number of pyridine rings is 1. The van der Waals surface area contributed by atoms with Crippen LogP contribution >= 0.6 is 0 Å². The van der Waals surface area contributed by atoms with Crippen LogP contribution in [-0.4, -0.2) is 23.2 Å². The van der Waals surface area contributed by atoms with Gasteiger partial charge in [0.2, 0.25) is 5.88 Å². The topological polar surface area (TPSA) is 83.2 Å². The zero-order valence-electron chi connectivity index (χ0n) is 8.07. The van der Waals surface area contributed by atoms with Gasteiger partial charge in [-0.3, -0.25) is 0 Å². The summed E-state index contributed by atoms with van der Waals surface area (Å²) in [6.45, 7) is 0. The summed E-state index contributed by atoms with van der Waals surface area (Å²) in [5, 5.41) is 17.4. The average molecular weight is 228 g/mol. The number of aromatic nitrogens is 1. The van der Waals surface area contributed by atoms with E-state index < -0.39 is 29.1 Å². The van der Waals surface area contributed by atoms with Gasteiger partial charge in [0, 0.05) is 6.20 Å². The lowest BCUT2D eigenvalue weighted by molar-refractivity contribution is 0.0683. The van der Waals surface area contributed by atoms with E-state index in [0.29, 0.717) is 0 Å². The molecule has 0 saturated heterocycles. The van der Waals surface area contributed by atoms with E-state index in [1.807, 2.05) is 0 Å². The highest BCUT2D eigenvalue weighted by Gasteiger charge is 2.25. The molecule has 0 aromatic carbocycles. The third-order valence-corrected chi connectivity index (χ3v) is 1.84. The Hall–Kier alpha value is -2.23. The first kappa shape index (κ1) is 11.8. The van der Waals surface area contributed by atoms with Gasteiger partial charge in [0.15, 0.2) is 0 Å². The van der Waals surface area contributed by atoms with Crippen molar-refractivity contribution in [2.75, 3.05) is 7.11 Å². The maximum absolute atomic E-state index is 12.7. The number of carboxylic acids is 1. The average Bonchev–Trinajstić information content (AvgIpc) is 2.26. The minimum Gasteiger partial charge on any atom is -0.480 e. The molecule has 0 bridgehead atoms. The maximum Gasteiger partial charge on any atom is 0.337 e. The van der Waals surface area contributed by atoms with Crippen LogP contribution in [0.1, 0.15) is 27.9 Å². The van der Waals surface area contributed by atoms with Crippen LogP contribution in [0.25, 0.3) is 0 Å². The van der Waals surface area contributed by atoms with Gasteiger partial charge in [-0.15, -0.1) is 0 Å². The van der Waals surface area contributed by atoms with Crippen molar-refractivity contribution in [2.45, 2.75) is 6.43 Å². The van der Waals surface area contributed by atoms with Gasteiger partial charge in [0.05, 0.1) is 18.2 Å². The fraction of sp³-hybridized carbons (Fsp3) is 0.222. The molecule has 84 valence electrons. The largest absolute Gasteiger partial charge is 0.480 e. The van der Waals surface area contributed by atoms with Crippen molar-refractivity contribution < 1.29 is 23.4 Å². The third-order valence-electron chi connectivity index (χ3n) is 1.84. The maximum atomic E-state index is 12.7. The lowest BCUT2D eigenvalue weighted by Crippen LogP contribution is -2.08. The van der Waals surface area contributed by atoms with Gasteiger partial charge >= 0.3 is 5.97 Å². The van der Waals surface area contributed by atoms with E-state index in [1.165, 1.54) is 6.07 Å². The zero-order valence-corrected chi connectivity index (χ0v) is 8.07. The Balaban J connectivity index is 3.58. The Morgan fingerprint density at radius 1 is 1.69 bits per heavy atom. The lowest BCUT2D eigenvalue weighted by Gasteiger charge is -2.09. The second-order valence-electron chi connectivity index (χ2n) is 2.69. The van der Waals surface area contributed by atoms with Crippen molar-refractivity contribution in [3.05, 3.63) is 22.9 Å². The Morgan fingerprint density at radius 3 is 2.69 bits per heavy atom. The molecule has 0 aliphatic rings. The monoisotopic (exact) mass is 228 g/mol. The van der Waals surface area contributed by atoms with E-state index in [9.17, 15) is 13.6 Å². The molecule has 0 spiro atoms.